The third-order valence-corrected chi connectivity index (χ3v) is 3.80. The molecule has 3 rings (SSSR count). The van der Waals surface area contributed by atoms with Crippen LogP contribution in [0.15, 0.2) is 30.6 Å². The van der Waals surface area contributed by atoms with E-state index in [1.54, 1.807) is 12.3 Å². The van der Waals surface area contributed by atoms with Crippen LogP contribution >= 0.6 is 0 Å². The molecule has 0 aliphatic carbocycles. The van der Waals surface area contributed by atoms with Gasteiger partial charge < -0.3 is 10.1 Å². The summed E-state index contributed by atoms with van der Waals surface area (Å²) in [7, 11) is 0. The number of pyridine rings is 1. The van der Waals surface area contributed by atoms with Crippen molar-refractivity contribution >= 4 is 5.97 Å². The molecule has 2 aromatic heterocycles. The Balaban J connectivity index is 1.51. The van der Waals surface area contributed by atoms with E-state index in [0.29, 0.717) is 6.54 Å². The lowest BCUT2D eigenvalue weighted by atomic mass is 10.2. The molecule has 1 aliphatic rings. The molecule has 0 amide bonds. The zero-order valence-electron chi connectivity index (χ0n) is 12.3. The van der Waals surface area contributed by atoms with E-state index < -0.39 is 5.97 Å². The van der Waals surface area contributed by atoms with Crippen molar-refractivity contribution in [3.63, 3.8) is 0 Å². The molecule has 0 aromatic carbocycles. The van der Waals surface area contributed by atoms with Gasteiger partial charge in [-0.3, -0.25) is 9.80 Å². The van der Waals surface area contributed by atoms with Gasteiger partial charge in [-0.25, -0.2) is 14.8 Å². The molecule has 7 heteroatoms. The fraction of sp³-hybridized carbons (Fsp3) is 0.400. The molecule has 1 saturated heterocycles. The number of nitrogens with zero attached hydrogens (tertiary/aromatic N) is 4. The Morgan fingerprint density at radius 3 is 2.55 bits per heavy atom. The van der Waals surface area contributed by atoms with Crippen molar-refractivity contribution in [2.24, 2.45) is 0 Å². The monoisotopic (exact) mass is 301 g/mol. The number of carbonyl (C=O) groups is 1. The molecule has 0 bridgehead atoms. The van der Waals surface area contributed by atoms with E-state index >= 15 is 0 Å². The van der Waals surface area contributed by atoms with Crippen LogP contribution in [-0.2, 0) is 13.1 Å². The summed E-state index contributed by atoms with van der Waals surface area (Å²) in [6.07, 6.45) is 3.61. The Bertz CT molecular complexity index is 621. The van der Waals surface area contributed by atoms with Gasteiger partial charge in [0.1, 0.15) is 11.5 Å². The number of rotatable bonds is 5. The average Bonchev–Trinajstić information content (AvgIpc) is 3.02. The zero-order valence-corrected chi connectivity index (χ0v) is 12.3. The number of H-pyrrole nitrogens is 1. The fourth-order valence-corrected chi connectivity index (χ4v) is 2.62. The highest BCUT2D eigenvalue weighted by Gasteiger charge is 2.18. The summed E-state index contributed by atoms with van der Waals surface area (Å²) < 4.78 is 0. The van der Waals surface area contributed by atoms with E-state index in [2.05, 4.69) is 24.8 Å². The molecule has 22 heavy (non-hydrogen) atoms. The highest BCUT2D eigenvalue weighted by atomic mass is 16.4. The second kappa shape index (κ2) is 6.67. The standard InChI is InChI=1S/C15H19N5O2/c21-15(22)13-3-1-2-12(18-13)10-19-6-8-20(9-7-19)11-14-16-4-5-17-14/h1-5H,6-11H2,(H,16,17)(H,21,22). The largest absolute Gasteiger partial charge is 0.477 e. The van der Waals surface area contributed by atoms with E-state index in [0.717, 1.165) is 44.2 Å². The highest BCUT2D eigenvalue weighted by molar-refractivity contribution is 5.85. The van der Waals surface area contributed by atoms with E-state index in [9.17, 15) is 4.79 Å². The molecule has 2 aromatic rings. The first kappa shape index (κ1) is 14.7. The molecule has 0 radical (unpaired) electrons. The summed E-state index contributed by atoms with van der Waals surface area (Å²) in [6, 6.07) is 5.15. The number of imidazole rings is 1. The van der Waals surface area contributed by atoms with Crippen molar-refractivity contribution in [2.75, 3.05) is 26.2 Å². The van der Waals surface area contributed by atoms with Gasteiger partial charge in [0.15, 0.2) is 0 Å². The smallest absolute Gasteiger partial charge is 0.354 e. The number of aromatic carboxylic acids is 1. The second-order valence-corrected chi connectivity index (χ2v) is 5.41. The number of hydrogen-bond acceptors (Lipinski definition) is 5. The molecule has 1 aliphatic heterocycles. The molecule has 7 nitrogen and oxygen atoms in total. The first-order valence-corrected chi connectivity index (χ1v) is 7.33. The lowest BCUT2D eigenvalue weighted by Crippen LogP contribution is -2.45. The van der Waals surface area contributed by atoms with Crippen molar-refractivity contribution < 1.29 is 9.90 Å². The van der Waals surface area contributed by atoms with Crippen LogP contribution in [0.1, 0.15) is 22.0 Å². The first-order chi connectivity index (χ1) is 10.7. The summed E-state index contributed by atoms with van der Waals surface area (Å²) in [5.74, 6) is 0.00870. The van der Waals surface area contributed by atoms with Gasteiger partial charge in [0.05, 0.1) is 12.2 Å². The number of aromatic amines is 1. The molecule has 0 saturated carbocycles. The molecule has 0 atom stereocenters. The van der Waals surface area contributed by atoms with Gasteiger partial charge in [0.25, 0.3) is 0 Å². The van der Waals surface area contributed by atoms with Gasteiger partial charge in [-0.2, -0.15) is 0 Å². The van der Waals surface area contributed by atoms with Crippen molar-refractivity contribution in [1.82, 2.24) is 24.8 Å². The molecule has 1 fully saturated rings. The number of aromatic nitrogens is 3. The number of carboxylic acid groups (broad SMARTS) is 1. The van der Waals surface area contributed by atoms with Crippen LogP contribution in [0.4, 0.5) is 0 Å². The van der Waals surface area contributed by atoms with Gasteiger partial charge in [-0.1, -0.05) is 6.07 Å². The molecular weight excluding hydrogens is 282 g/mol. The fourth-order valence-electron chi connectivity index (χ4n) is 2.62. The quantitative estimate of drug-likeness (QED) is 0.850. The first-order valence-electron chi connectivity index (χ1n) is 7.33. The van der Waals surface area contributed by atoms with Gasteiger partial charge in [0, 0.05) is 45.1 Å². The molecule has 3 heterocycles. The Morgan fingerprint density at radius 2 is 1.91 bits per heavy atom. The maximum absolute atomic E-state index is 10.9. The van der Waals surface area contributed by atoms with E-state index in [1.165, 1.54) is 6.07 Å². The minimum atomic E-state index is -0.981. The predicted octanol–water partition coefficient (Wildman–Crippen LogP) is 0.821. The van der Waals surface area contributed by atoms with Gasteiger partial charge in [-0.05, 0) is 12.1 Å². The average molecular weight is 301 g/mol. The maximum atomic E-state index is 10.9. The van der Waals surface area contributed by atoms with Gasteiger partial charge in [-0.15, -0.1) is 0 Å². The van der Waals surface area contributed by atoms with E-state index in [-0.39, 0.29) is 5.69 Å². The normalized spacial score (nSPS) is 16.7. The number of piperazine rings is 1. The van der Waals surface area contributed by atoms with Gasteiger partial charge >= 0.3 is 5.97 Å². The Labute approximate surface area is 128 Å². The zero-order chi connectivity index (χ0) is 15.4. The van der Waals surface area contributed by atoms with Crippen molar-refractivity contribution in [1.29, 1.82) is 0 Å². The van der Waals surface area contributed by atoms with Gasteiger partial charge in [0.2, 0.25) is 0 Å². The molecule has 116 valence electrons. The van der Waals surface area contributed by atoms with Crippen LogP contribution in [-0.4, -0.2) is 62.0 Å². The summed E-state index contributed by atoms with van der Waals surface area (Å²) in [4.78, 5) is 27.1. The van der Waals surface area contributed by atoms with Crippen molar-refractivity contribution in [2.45, 2.75) is 13.1 Å². The third-order valence-electron chi connectivity index (χ3n) is 3.80. The maximum Gasteiger partial charge on any atom is 0.354 e. The van der Waals surface area contributed by atoms with E-state index in [4.69, 9.17) is 5.11 Å². The summed E-state index contributed by atoms with van der Waals surface area (Å²) >= 11 is 0. The van der Waals surface area contributed by atoms with E-state index in [1.807, 2.05) is 12.3 Å². The van der Waals surface area contributed by atoms with Crippen LogP contribution in [0.5, 0.6) is 0 Å². The summed E-state index contributed by atoms with van der Waals surface area (Å²) in [5, 5.41) is 8.98. The topological polar surface area (TPSA) is 85.4 Å². The SMILES string of the molecule is O=C(O)c1cccc(CN2CCN(Cc3ncc[nH]3)CC2)n1. The summed E-state index contributed by atoms with van der Waals surface area (Å²) in [6.45, 7) is 5.36. The molecule has 0 unspecified atom stereocenters. The van der Waals surface area contributed by atoms with Crippen LogP contribution in [0.3, 0.4) is 0 Å². The molecular formula is C15H19N5O2. The van der Waals surface area contributed by atoms with Crippen molar-refractivity contribution in [3.05, 3.63) is 47.8 Å². The lowest BCUT2D eigenvalue weighted by Gasteiger charge is -2.34. The van der Waals surface area contributed by atoms with Crippen LogP contribution in [0.25, 0.3) is 0 Å². The van der Waals surface area contributed by atoms with Crippen LogP contribution in [0, 0.1) is 0 Å². The Kier molecular flexibility index (Phi) is 4.45. The third kappa shape index (κ3) is 3.69. The Hall–Kier alpha value is -2.25. The van der Waals surface area contributed by atoms with Crippen LogP contribution in [0.2, 0.25) is 0 Å². The minimum absolute atomic E-state index is 0.106. The molecule has 2 N–H and O–H groups in total. The minimum Gasteiger partial charge on any atom is -0.477 e. The predicted molar refractivity (Wildman–Crippen MR) is 80.3 cm³/mol. The number of nitrogens with one attached hydrogen (secondary N) is 1. The second-order valence-electron chi connectivity index (χ2n) is 5.41. The Morgan fingerprint density at radius 1 is 1.18 bits per heavy atom. The number of hydrogen-bond donors (Lipinski definition) is 2. The highest BCUT2D eigenvalue weighted by Crippen LogP contribution is 2.09. The number of carboxylic acids is 1. The van der Waals surface area contributed by atoms with Crippen LogP contribution < -0.4 is 0 Å². The van der Waals surface area contributed by atoms with Crippen molar-refractivity contribution in [3.8, 4) is 0 Å². The summed E-state index contributed by atoms with van der Waals surface area (Å²) in [5.41, 5.74) is 0.910. The lowest BCUT2D eigenvalue weighted by molar-refractivity contribution is 0.0689. The molecule has 0 spiro atoms.